The minimum Gasteiger partial charge on any atom is -0.508 e. The van der Waals surface area contributed by atoms with E-state index in [9.17, 15) is 20.4 Å². The van der Waals surface area contributed by atoms with Gasteiger partial charge in [-0.05, 0) is 48.6 Å². The number of benzene rings is 2. The van der Waals surface area contributed by atoms with Crippen LogP contribution >= 0.6 is 11.9 Å². The van der Waals surface area contributed by atoms with Crippen LogP contribution in [0.2, 0.25) is 0 Å². The van der Waals surface area contributed by atoms with Gasteiger partial charge in [0, 0.05) is 10.9 Å². The van der Waals surface area contributed by atoms with Crippen molar-refractivity contribution in [1.82, 2.24) is 4.31 Å². The largest absolute Gasteiger partial charge is 0.508 e. The van der Waals surface area contributed by atoms with E-state index in [1.807, 2.05) is 49.4 Å². The van der Waals surface area contributed by atoms with Gasteiger partial charge in [-0.3, -0.25) is 0 Å². The monoisotopic (exact) mass is 470 g/mol. The maximum absolute atomic E-state index is 10.6. The Labute approximate surface area is 197 Å². The van der Waals surface area contributed by atoms with Crippen LogP contribution in [0.4, 0.5) is 0 Å². The number of hydrogen-bond donors (Lipinski definition) is 5. The molecule has 0 spiro atoms. The van der Waals surface area contributed by atoms with Gasteiger partial charge in [-0.2, -0.15) is 0 Å². The second-order valence-corrected chi connectivity index (χ2v) is 10.0. The maximum atomic E-state index is 10.6. The van der Waals surface area contributed by atoms with E-state index in [2.05, 4.69) is 16.4 Å². The van der Waals surface area contributed by atoms with Crippen LogP contribution in [0.25, 0.3) is 0 Å². The summed E-state index contributed by atoms with van der Waals surface area (Å²) in [5.41, 5.74) is 7.17. The van der Waals surface area contributed by atoms with Crippen LogP contribution in [0.1, 0.15) is 25.0 Å². The highest BCUT2D eigenvalue weighted by Gasteiger charge is 2.50. The average Bonchev–Trinajstić information content (AvgIpc) is 2.77. The quantitative estimate of drug-likeness (QED) is 0.386. The molecule has 4 rings (SSSR count). The Morgan fingerprint density at radius 2 is 1.79 bits per heavy atom. The molecule has 2 aromatic rings. The Morgan fingerprint density at radius 3 is 2.45 bits per heavy atom. The van der Waals surface area contributed by atoms with Gasteiger partial charge in [0.15, 0.2) is 11.4 Å². The summed E-state index contributed by atoms with van der Waals surface area (Å²) >= 11 is 1.60. The summed E-state index contributed by atoms with van der Waals surface area (Å²) in [7, 11) is 0. The van der Waals surface area contributed by atoms with Crippen LogP contribution in [0.15, 0.2) is 82.5 Å². The average molecular weight is 471 g/mol. The Morgan fingerprint density at radius 1 is 1.09 bits per heavy atom. The Balaban J connectivity index is 1.57. The van der Waals surface area contributed by atoms with Gasteiger partial charge in [0.25, 0.3) is 0 Å². The first-order valence-corrected chi connectivity index (χ1v) is 11.7. The number of aliphatic hydroxyl groups is 4. The van der Waals surface area contributed by atoms with Crippen molar-refractivity contribution in [1.29, 1.82) is 0 Å². The molecule has 0 saturated carbocycles. The number of rotatable bonds is 7. The molecular formula is C25H30N2O5S. The second kappa shape index (κ2) is 9.30. The summed E-state index contributed by atoms with van der Waals surface area (Å²) in [6.45, 7) is 4.51. The minimum atomic E-state index is -1.39. The molecule has 176 valence electrons. The van der Waals surface area contributed by atoms with Crippen molar-refractivity contribution in [3.8, 4) is 0 Å². The number of ether oxygens (including phenoxy) is 1. The molecule has 1 aliphatic carbocycles. The molecule has 1 fully saturated rings. The zero-order valence-electron chi connectivity index (χ0n) is 18.7. The lowest BCUT2D eigenvalue weighted by molar-refractivity contribution is -0.0952. The van der Waals surface area contributed by atoms with Gasteiger partial charge in [-0.25, -0.2) is 4.31 Å². The first-order chi connectivity index (χ1) is 15.7. The Kier molecular flexibility index (Phi) is 6.63. The number of nitrogens with two attached hydrogens (primary N) is 1. The van der Waals surface area contributed by atoms with Gasteiger partial charge in [-0.1, -0.05) is 49.4 Å². The predicted molar refractivity (Wildman–Crippen MR) is 128 cm³/mol. The fourth-order valence-corrected chi connectivity index (χ4v) is 5.34. The number of aliphatic hydroxyl groups excluding tert-OH is 4. The molecule has 7 nitrogen and oxygen atoms in total. The topological polar surface area (TPSA) is 119 Å². The van der Waals surface area contributed by atoms with E-state index in [-0.39, 0.29) is 17.6 Å². The normalized spacial score (nSPS) is 23.9. The molecule has 3 unspecified atom stereocenters. The van der Waals surface area contributed by atoms with Gasteiger partial charge in [0.1, 0.15) is 11.9 Å². The molecule has 1 aliphatic heterocycles. The lowest BCUT2D eigenvalue weighted by Crippen LogP contribution is -2.58. The van der Waals surface area contributed by atoms with E-state index >= 15 is 0 Å². The van der Waals surface area contributed by atoms with Crippen molar-refractivity contribution in [3.05, 3.63) is 88.8 Å². The van der Waals surface area contributed by atoms with Crippen LogP contribution in [0.5, 0.6) is 0 Å². The highest BCUT2D eigenvalue weighted by Crippen LogP contribution is 2.45. The standard InChI is InChI=1S/C25H30N2O5S/c1-15(26)11-17-7-6-10-19(12-17)33-27-13-25(14-27,18-8-4-3-5-9-18)32-24-21(29)16(2)20(28)22(30)23(24)31/h3-10,12,15-16,20,28-31H,11,13-14,26H2,1-2H3. The van der Waals surface area contributed by atoms with Gasteiger partial charge in [-0.15, -0.1) is 0 Å². The summed E-state index contributed by atoms with van der Waals surface area (Å²) in [5.74, 6) is -2.53. The molecular weight excluding hydrogens is 440 g/mol. The number of nitrogens with zero attached hydrogens (tertiary/aromatic N) is 1. The molecule has 1 saturated heterocycles. The Bertz CT molecular complexity index is 1060. The van der Waals surface area contributed by atoms with Gasteiger partial charge in [0.05, 0.1) is 19.0 Å². The summed E-state index contributed by atoms with van der Waals surface area (Å²) in [6.07, 6.45) is -0.583. The van der Waals surface area contributed by atoms with Crippen molar-refractivity contribution in [2.24, 2.45) is 11.7 Å². The van der Waals surface area contributed by atoms with Gasteiger partial charge in [0.2, 0.25) is 11.5 Å². The zero-order valence-corrected chi connectivity index (χ0v) is 19.5. The van der Waals surface area contributed by atoms with E-state index in [0.29, 0.717) is 13.1 Å². The third kappa shape index (κ3) is 4.70. The van der Waals surface area contributed by atoms with Crippen molar-refractivity contribution < 1.29 is 25.2 Å². The van der Waals surface area contributed by atoms with Crippen LogP contribution in [-0.4, -0.2) is 50.0 Å². The predicted octanol–water partition coefficient (Wildman–Crippen LogP) is 3.92. The summed E-state index contributed by atoms with van der Waals surface area (Å²) < 4.78 is 8.37. The summed E-state index contributed by atoms with van der Waals surface area (Å²) in [5, 5.41) is 41.2. The number of hydrogen-bond acceptors (Lipinski definition) is 8. The van der Waals surface area contributed by atoms with Gasteiger partial charge >= 0.3 is 0 Å². The minimum absolute atomic E-state index is 0.0860. The van der Waals surface area contributed by atoms with E-state index < -0.39 is 29.1 Å². The van der Waals surface area contributed by atoms with Crippen molar-refractivity contribution in [2.45, 2.75) is 42.9 Å². The SMILES string of the molecule is CC(N)Cc1cccc(SN2CC(OC3=C(O)C(C)C(O)C(O)=C3O)(c3ccccc3)C2)c1. The molecule has 1 heterocycles. The third-order valence-electron chi connectivity index (χ3n) is 6.03. The lowest BCUT2D eigenvalue weighted by atomic mass is 9.87. The molecule has 33 heavy (non-hydrogen) atoms. The lowest BCUT2D eigenvalue weighted by Gasteiger charge is -2.49. The Hall–Kier alpha value is -2.65. The molecule has 0 radical (unpaired) electrons. The highest BCUT2D eigenvalue weighted by molar-refractivity contribution is 7.97. The highest BCUT2D eigenvalue weighted by atomic mass is 32.2. The molecule has 8 heteroatoms. The van der Waals surface area contributed by atoms with Crippen molar-refractivity contribution in [3.63, 3.8) is 0 Å². The fraction of sp³-hybridized carbons (Fsp3) is 0.360. The molecule has 3 atom stereocenters. The van der Waals surface area contributed by atoms with Crippen LogP contribution < -0.4 is 5.73 Å². The summed E-state index contributed by atoms with van der Waals surface area (Å²) in [4.78, 5) is 1.09. The van der Waals surface area contributed by atoms with Gasteiger partial charge < -0.3 is 30.9 Å². The zero-order chi connectivity index (χ0) is 23.8. The molecule has 6 N–H and O–H groups in total. The van der Waals surface area contributed by atoms with Crippen molar-refractivity contribution >= 4 is 11.9 Å². The van der Waals surface area contributed by atoms with Crippen LogP contribution in [-0.2, 0) is 16.8 Å². The molecule has 0 amide bonds. The molecule has 2 aromatic carbocycles. The van der Waals surface area contributed by atoms with Crippen LogP contribution in [0.3, 0.4) is 0 Å². The first-order valence-electron chi connectivity index (χ1n) is 11.0. The molecule has 0 bridgehead atoms. The smallest absolute Gasteiger partial charge is 0.203 e. The first kappa shape index (κ1) is 23.5. The molecule has 2 aliphatic rings. The van der Waals surface area contributed by atoms with E-state index in [1.165, 1.54) is 5.56 Å². The van der Waals surface area contributed by atoms with E-state index in [0.717, 1.165) is 16.9 Å². The van der Waals surface area contributed by atoms with E-state index in [1.54, 1.807) is 18.9 Å². The fourth-order valence-electron chi connectivity index (χ4n) is 4.15. The van der Waals surface area contributed by atoms with Crippen LogP contribution in [0, 0.1) is 5.92 Å². The van der Waals surface area contributed by atoms with Crippen molar-refractivity contribution in [2.75, 3.05) is 13.1 Å². The second-order valence-electron chi connectivity index (χ2n) is 8.86. The maximum Gasteiger partial charge on any atom is 0.203 e. The van der Waals surface area contributed by atoms with E-state index in [4.69, 9.17) is 10.5 Å². The third-order valence-corrected chi connectivity index (χ3v) is 7.01. The summed E-state index contributed by atoms with van der Waals surface area (Å²) in [6, 6.07) is 17.9. The molecule has 0 aromatic heterocycles.